The summed E-state index contributed by atoms with van der Waals surface area (Å²) in [6.07, 6.45) is 1.62. The average Bonchev–Trinajstić information content (AvgIpc) is 2.73. The molecule has 1 fully saturated rings. The summed E-state index contributed by atoms with van der Waals surface area (Å²) in [5.41, 5.74) is 0.792. The van der Waals surface area contributed by atoms with Crippen molar-refractivity contribution in [2.24, 2.45) is 0 Å². The molecule has 0 atom stereocenters. The van der Waals surface area contributed by atoms with Crippen molar-refractivity contribution in [1.29, 1.82) is 0 Å². The number of aliphatic carboxylic acids is 1. The molecular weight excluding hydrogens is 334 g/mol. The zero-order valence-corrected chi connectivity index (χ0v) is 14.4. The number of hydrogen-bond acceptors (Lipinski definition) is 5. The van der Waals surface area contributed by atoms with Gasteiger partial charge < -0.3 is 9.84 Å². The molecule has 1 aliphatic heterocycles. The van der Waals surface area contributed by atoms with Gasteiger partial charge in [0.05, 0.1) is 17.4 Å². The quantitative estimate of drug-likeness (QED) is 0.627. The summed E-state index contributed by atoms with van der Waals surface area (Å²) in [6.45, 7) is 3.95. The molecule has 1 aromatic carbocycles. The number of carboxylic acids is 1. The number of nitrogens with zero attached hydrogens (tertiary/aromatic N) is 1. The molecule has 0 aliphatic carbocycles. The van der Waals surface area contributed by atoms with Crippen molar-refractivity contribution in [3.8, 4) is 5.75 Å². The maximum absolute atomic E-state index is 12.4. The van der Waals surface area contributed by atoms with Crippen molar-refractivity contribution >= 4 is 46.3 Å². The van der Waals surface area contributed by atoms with E-state index in [4.69, 9.17) is 22.1 Å². The Morgan fingerprint density at radius 2 is 2.13 bits per heavy atom. The van der Waals surface area contributed by atoms with Gasteiger partial charge in [-0.1, -0.05) is 42.2 Å². The Hall–Kier alpha value is -1.86. The van der Waals surface area contributed by atoms with E-state index in [0.29, 0.717) is 15.0 Å². The zero-order chi connectivity index (χ0) is 17.0. The minimum absolute atomic E-state index is 0.0228. The van der Waals surface area contributed by atoms with Gasteiger partial charge in [0.15, 0.2) is 0 Å². The lowest BCUT2D eigenvalue weighted by Gasteiger charge is -2.13. The Morgan fingerprint density at radius 3 is 2.78 bits per heavy atom. The molecule has 7 heteroatoms. The van der Waals surface area contributed by atoms with E-state index in [-0.39, 0.29) is 25.0 Å². The lowest BCUT2D eigenvalue weighted by atomic mass is 10.2. The van der Waals surface area contributed by atoms with E-state index in [1.165, 1.54) is 16.7 Å². The molecule has 122 valence electrons. The highest BCUT2D eigenvalue weighted by Crippen LogP contribution is 2.34. The second-order valence-corrected chi connectivity index (χ2v) is 6.86. The van der Waals surface area contributed by atoms with Crippen molar-refractivity contribution in [3.05, 3.63) is 34.7 Å². The van der Waals surface area contributed by atoms with Gasteiger partial charge in [-0.2, -0.15) is 0 Å². The Labute approximate surface area is 144 Å². The fraction of sp³-hybridized carbons (Fsp3) is 0.312. The maximum atomic E-state index is 12.4. The maximum Gasteiger partial charge on any atom is 0.305 e. The number of hydrogen-bond donors (Lipinski definition) is 1. The van der Waals surface area contributed by atoms with Crippen molar-refractivity contribution in [1.82, 2.24) is 4.90 Å². The minimum Gasteiger partial charge on any atom is -0.490 e. The Bertz CT molecular complexity index is 670. The van der Waals surface area contributed by atoms with Crippen LogP contribution in [0.2, 0.25) is 0 Å². The summed E-state index contributed by atoms with van der Waals surface area (Å²) < 4.78 is 6.11. The number of rotatable bonds is 6. The molecule has 0 aromatic heterocycles. The largest absolute Gasteiger partial charge is 0.490 e. The fourth-order valence-corrected chi connectivity index (χ4v) is 3.30. The van der Waals surface area contributed by atoms with Crippen LogP contribution in [0.5, 0.6) is 5.75 Å². The molecule has 0 spiro atoms. The molecule has 0 bridgehead atoms. The number of benzene rings is 1. The van der Waals surface area contributed by atoms with Crippen LogP contribution in [0.25, 0.3) is 6.08 Å². The van der Waals surface area contributed by atoms with Gasteiger partial charge >= 0.3 is 5.97 Å². The molecule has 1 N–H and O–H groups in total. The Kier molecular flexibility index (Phi) is 5.79. The molecule has 5 nitrogen and oxygen atoms in total. The molecule has 0 radical (unpaired) electrons. The normalized spacial score (nSPS) is 16.5. The first-order valence-electron chi connectivity index (χ1n) is 7.11. The van der Waals surface area contributed by atoms with Gasteiger partial charge in [0.25, 0.3) is 5.91 Å². The first kappa shape index (κ1) is 17.5. The molecule has 2 rings (SSSR count). The third kappa shape index (κ3) is 4.56. The van der Waals surface area contributed by atoms with Gasteiger partial charge in [-0.15, -0.1) is 0 Å². The van der Waals surface area contributed by atoms with Gasteiger partial charge in [-0.25, -0.2) is 0 Å². The first-order chi connectivity index (χ1) is 10.9. The first-order valence-corrected chi connectivity index (χ1v) is 8.34. The Balaban J connectivity index is 2.22. The van der Waals surface area contributed by atoms with E-state index in [0.717, 1.165) is 5.56 Å². The van der Waals surface area contributed by atoms with Crippen LogP contribution >= 0.6 is 24.0 Å². The second kappa shape index (κ2) is 7.61. The van der Waals surface area contributed by atoms with Gasteiger partial charge in [0, 0.05) is 12.1 Å². The monoisotopic (exact) mass is 351 g/mol. The van der Waals surface area contributed by atoms with Crippen LogP contribution in [0.4, 0.5) is 0 Å². The number of amides is 1. The standard InChI is InChI=1S/C16H17NO4S2/c1-10(2)21-12-6-4-3-5-11(12)9-13-15(20)17(16(22)23-13)8-7-14(18)19/h3-6,9-10H,7-8H2,1-2H3,(H,18,19). The van der Waals surface area contributed by atoms with Crippen LogP contribution in [0.1, 0.15) is 25.8 Å². The zero-order valence-electron chi connectivity index (χ0n) is 12.8. The van der Waals surface area contributed by atoms with Gasteiger partial charge in [0.1, 0.15) is 10.1 Å². The summed E-state index contributed by atoms with van der Waals surface area (Å²) in [7, 11) is 0. The Morgan fingerprint density at radius 1 is 1.43 bits per heavy atom. The summed E-state index contributed by atoms with van der Waals surface area (Å²) in [4.78, 5) is 24.8. The SMILES string of the molecule is CC(C)Oc1ccccc1C=C1SC(=S)N(CCC(=O)O)C1=O. The summed E-state index contributed by atoms with van der Waals surface area (Å²) in [5, 5.41) is 8.75. The van der Waals surface area contributed by atoms with Gasteiger partial charge in [-0.05, 0) is 26.0 Å². The molecule has 0 saturated carbocycles. The summed E-state index contributed by atoms with van der Waals surface area (Å²) in [6, 6.07) is 7.44. The van der Waals surface area contributed by atoms with Crippen LogP contribution < -0.4 is 4.74 Å². The number of carboxylic acid groups (broad SMARTS) is 1. The third-order valence-corrected chi connectivity index (χ3v) is 4.37. The minimum atomic E-state index is -0.960. The highest BCUT2D eigenvalue weighted by Gasteiger charge is 2.32. The van der Waals surface area contributed by atoms with E-state index >= 15 is 0 Å². The highest BCUT2D eigenvalue weighted by molar-refractivity contribution is 8.26. The number of carbonyl (C=O) groups excluding carboxylic acids is 1. The average molecular weight is 351 g/mol. The van der Waals surface area contributed by atoms with Crippen LogP contribution in [-0.2, 0) is 9.59 Å². The van der Waals surface area contributed by atoms with Crippen LogP contribution in [-0.4, -0.2) is 38.9 Å². The van der Waals surface area contributed by atoms with E-state index < -0.39 is 5.97 Å². The molecule has 1 saturated heterocycles. The van der Waals surface area contributed by atoms with Crippen LogP contribution in [0, 0.1) is 0 Å². The van der Waals surface area contributed by atoms with Gasteiger partial charge in [-0.3, -0.25) is 14.5 Å². The predicted molar refractivity (Wildman–Crippen MR) is 94.3 cm³/mol. The topological polar surface area (TPSA) is 66.8 Å². The predicted octanol–water partition coefficient (Wildman–Crippen LogP) is 3.15. The van der Waals surface area contributed by atoms with Crippen molar-refractivity contribution in [3.63, 3.8) is 0 Å². The van der Waals surface area contributed by atoms with Crippen LogP contribution in [0.15, 0.2) is 29.2 Å². The highest BCUT2D eigenvalue weighted by atomic mass is 32.2. The smallest absolute Gasteiger partial charge is 0.305 e. The summed E-state index contributed by atoms with van der Waals surface area (Å²) in [5.74, 6) is -0.530. The van der Waals surface area contributed by atoms with Crippen LogP contribution in [0.3, 0.4) is 0 Å². The number of thioether (sulfide) groups is 1. The molecular formula is C16H17NO4S2. The number of thiocarbonyl (C=S) groups is 1. The summed E-state index contributed by atoms with van der Waals surface area (Å²) >= 11 is 6.34. The van der Waals surface area contributed by atoms with E-state index in [9.17, 15) is 9.59 Å². The fourth-order valence-electron chi connectivity index (χ4n) is 2.00. The molecule has 1 aromatic rings. The molecule has 23 heavy (non-hydrogen) atoms. The second-order valence-electron chi connectivity index (χ2n) is 5.18. The lowest BCUT2D eigenvalue weighted by molar-refractivity contribution is -0.137. The van der Waals surface area contributed by atoms with Crippen molar-refractivity contribution in [2.75, 3.05) is 6.54 Å². The van der Waals surface area contributed by atoms with E-state index in [1.54, 1.807) is 6.08 Å². The molecule has 1 amide bonds. The van der Waals surface area contributed by atoms with Crippen molar-refractivity contribution < 1.29 is 19.4 Å². The van der Waals surface area contributed by atoms with Crippen molar-refractivity contribution in [2.45, 2.75) is 26.4 Å². The molecule has 1 heterocycles. The molecule has 1 aliphatic rings. The van der Waals surface area contributed by atoms with E-state index in [2.05, 4.69) is 0 Å². The number of para-hydroxylation sites is 1. The molecule has 0 unspecified atom stereocenters. The number of carbonyl (C=O) groups is 2. The third-order valence-electron chi connectivity index (χ3n) is 2.99. The van der Waals surface area contributed by atoms with Gasteiger partial charge in [0.2, 0.25) is 0 Å². The lowest BCUT2D eigenvalue weighted by Crippen LogP contribution is -2.30. The van der Waals surface area contributed by atoms with E-state index in [1.807, 2.05) is 38.1 Å². The number of ether oxygens (including phenoxy) is 1.